The minimum absolute atomic E-state index is 0.301. The van der Waals surface area contributed by atoms with Gasteiger partial charge in [-0.2, -0.15) is 16.8 Å². The fraction of sp³-hybridized carbons (Fsp3) is 0.513. The van der Waals surface area contributed by atoms with E-state index in [0.717, 1.165) is 61.5 Å². The molecule has 0 amide bonds. The Balaban J connectivity index is 2.29. The normalized spacial score (nSPS) is 14.8. The van der Waals surface area contributed by atoms with Gasteiger partial charge in [0.05, 0.1) is 58.5 Å². The second-order valence-electron chi connectivity index (χ2n) is 15.1. The predicted molar refractivity (Wildman–Crippen MR) is 227 cm³/mol. The number of aromatic nitrogens is 1. The van der Waals surface area contributed by atoms with E-state index in [1.165, 1.54) is 11.1 Å². The van der Waals surface area contributed by atoms with Crippen LogP contribution >= 0.6 is 22.6 Å². The summed E-state index contributed by atoms with van der Waals surface area (Å²) in [6, 6.07) is 8.52. The molecular formula is C39H56BIN4O6S2+2. The van der Waals surface area contributed by atoms with Gasteiger partial charge < -0.3 is 13.4 Å². The number of allylic oxidation sites excluding steroid dienone is 2. The maximum Gasteiger partial charge on any atom is 0.433 e. The van der Waals surface area contributed by atoms with Gasteiger partial charge in [-0.1, -0.05) is 37.8 Å². The van der Waals surface area contributed by atoms with E-state index in [-0.39, 0.29) is 11.5 Å². The molecule has 1 aromatic heterocycles. The van der Waals surface area contributed by atoms with Crippen LogP contribution in [0.3, 0.4) is 0 Å². The molecule has 0 bridgehead atoms. The van der Waals surface area contributed by atoms with Crippen molar-refractivity contribution in [3.63, 3.8) is 0 Å². The SMILES string of the molecule is CCC1=C(C)/C(=C(\c2ccc(I)cc2)c2c(C)c(CC)c(C)n2B(C#CC[N+](C)(C)CCCS(=O)(=O)O)C#CC[N+](C)(C)CCCS(=O)(=O)O)N=C1C. The summed E-state index contributed by atoms with van der Waals surface area (Å²) < 4.78 is 68.2. The lowest BCUT2D eigenvalue weighted by molar-refractivity contribution is -0.883. The van der Waals surface area contributed by atoms with Crippen molar-refractivity contribution in [3.8, 4) is 23.5 Å². The molecule has 0 saturated heterocycles. The number of benzene rings is 1. The first kappa shape index (κ1) is 44.7. The van der Waals surface area contributed by atoms with Crippen LogP contribution in [0.2, 0.25) is 0 Å². The monoisotopic (exact) mass is 878 g/mol. The van der Waals surface area contributed by atoms with E-state index < -0.39 is 27.1 Å². The molecule has 0 saturated carbocycles. The van der Waals surface area contributed by atoms with Crippen molar-refractivity contribution in [1.29, 1.82) is 0 Å². The topological polar surface area (TPSA) is 126 Å². The van der Waals surface area contributed by atoms with Crippen LogP contribution in [0.15, 0.2) is 46.1 Å². The smallest absolute Gasteiger partial charge is 0.366 e. The van der Waals surface area contributed by atoms with E-state index in [9.17, 15) is 25.9 Å². The average molecular weight is 879 g/mol. The predicted octanol–water partition coefficient (Wildman–Crippen LogP) is 5.87. The van der Waals surface area contributed by atoms with Crippen molar-refractivity contribution in [2.45, 2.75) is 67.2 Å². The van der Waals surface area contributed by atoms with E-state index in [4.69, 9.17) is 4.99 Å². The van der Waals surface area contributed by atoms with Crippen LogP contribution < -0.4 is 0 Å². The van der Waals surface area contributed by atoms with Gasteiger partial charge in [0.2, 0.25) is 0 Å². The molecule has 1 aromatic carbocycles. The molecule has 288 valence electrons. The van der Waals surface area contributed by atoms with Gasteiger partial charge in [0.15, 0.2) is 0 Å². The quantitative estimate of drug-likeness (QED) is 0.0760. The molecule has 3 rings (SSSR count). The highest BCUT2D eigenvalue weighted by molar-refractivity contribution is 14.1. The lowest BCUT2D eigenvalue weighted by Gasteiger charge is -2.27. The van der Waals surface area contributed by atoms with Gasteiger partial charge in [-0.05, 0) is 103 Å². The first-order chi connectivity index (χ1) is 24.5. The Hall–Kier alpha value is -2.70. The van der Waals surface area contributed by atoms with Crippen LogP contribution in [0.5, 0.6) is 0 Å². The molecule has 0 unspecified atom stereocenters. The maximum atomic E-state index is 11.4. The van der Waals surface area contributed by atoms with Crippen LogP contribution in [0, 0.1) is 40.9 Å². The zero-order valence-electron chi connectivity index (χ0n) is 33.0. The molecule has 0 spiro atoms. The highest BCUT2D eigenvalue weighted by atomic mass is 127. The molecule has 2 aromatic rings. The van der Waals surface area contributed by atoms with Gasteiger partial charge in [-0.25, -0.2) is 0 Å². The van der Waals surface area contributed by atoms with Gasteiger partial charge in [-0.3, -0.25) is 14.1 Å². The van der Waals surface area contributed by atoms with Crippen LogP contribution in [0.25, 0.3) is 5.57 Å². The highest BCUT2D eigenvalue weighted by Gasteiger charge is 2.31. The zero-order chi connectivity index (χ0) is 39.9. The van der Waals surface area contributed by atoms with Crippen LogP contribution in [-0.4, -0.2) is 118 Å². The summed E-state index contributed by atoms with van der Waals surface area (Å²) in [5.74, 6) is 13.2. The van der Waals surface area contributed by atoms with E-state index >= 15 is 0 Å². The second kappa shape index (κ2) is 18.3. The van der Waals surface area contributed by atoms with Gasteiger partial charge in [0.25, 0.3) is 20.2 Å². The van der Waals surface area contributed by atoms with Gasteiger partial charge in [0.1, 0.15) is 13.1 Å². The molecule has 0 atom stereocenters. The van der Waals surface area contributed by atoms with E-state index in [2.05, 4.69) is 116 Å². The first-order valence-corrected chi connectivity index (χ1v) is 22.3. The number of hydrogen-bond acceptors (Lipinski definition) is 5. The molecule has 1 aliphatic heterocycles. The molecule has 0 aliphatic carbocycles. The summed E-state index contributed by atoms with van der Waals surface area (Å²) >= 11 is 2.32. The zero-order valence-corrected chi connectivity index (χ0v) is 36.8. The largest absolute Gasteiger partial charge is 0.433 e. The summed E-state index contributed by atoms with van der Waals surface area (Å²) in [6.07, 6.45) is 2.30. The summed E-state index contributed by atoms with van der Waals surface area (Å²) in [5, 5.41) is 0. The summed E-state index contributed by atoms with van der Waals surface area (Å²) in [7, 11) is -0.160. The minimum Gasteiger partial charge on any atom is -0.366 e. The third-order valence-corrected chi connectivity index (χ3v) is 12.1. The number of nitrogens with zero attached hydrogens (tertiary/aromatic N) is 4. The molecule has 2 N–H and O–H groups in total. The Morgan fingerprint density at radius 3 is 1.74 bits per heavy atom. The Morgan fingerprint density at radius 2 is 1.32 bits per heavy atom. The number of hydrogen-bond donors (Lipinski definition) is 2. The molecule has 2 heterocycles. The minimum atomic E-state index is -4.05. The van der Waals surface area contributed by atoms with Gasteiger partial charge in [-0.15, -0.1) is 11.6 Å². The summed E-state index contributed by atoms with van der Waals surface area (Å²) in [4.78, 5) is 5.19. The van der Waals surface area contributed by atoms with Crippen LogP contribution in [-0.2, 0) is 26.7 Å². The van der Waals surface area contributed by atoms with E-state index in [1.807, 2.05) is 28.2 Å². The second-order valence-corrected chi connectivity index (χ2v) is 19.5. The van der Waals surface area contributed by atoms with Crippen molar-refractivity contribution in [1.82, 2.24) is 4.48 Å². The molecular weight excluding hydrogens is 822 g/mol. The van der Waals surface area contributed by atoms with Crippen molar-refractivity contribution in [2.75, 3.05) is 65.9 Å². The number of quaternary nitrogens is 2. The van der Waals surface area contributed by atoms with Crippen LogP contribution in [0.1, 0.15) is 75.0 Å². The van der Waals surface area contributed by atoms with E-state index in [0.29, 0.717) is 48.0 Å². The van der Waals surface area contributed by atoms with Gasteiger partial charge >= 0.3 is 6.85 Å². The molecule has 0 radical (unpaired) electrons. The number of rotatable bonds is 15. The fourth-order valence-electron chi connectivity index (χ4n) is 6.95. The van der Waals surface area contributed by atoms with Gasteiger partial charge in [0, 0.05) is 39.1 Å². The van der Waals surface area contributed by atoms with Crippen molar-refractivity contribution < 1.29 is 34.9 Å². The summed E-state index contributed by atoms with van der Waals surface area (Å²) in [6.45, 7) is 14.2. The number of aliphatic imine (C=N–C) groups is 1. The maximum absolute atomic E-state index is 11.4. The van der Waals surface area contributed by atoms with Crippen molar-refractivity contribution in [3.05, 3.63) is 72.8 Å². The molecule has 53 heavy (non-hydrogen) atoms. The van der Waals surface area contributed by atoms with E-state index in [1.54, 1.807) is 0 Å². The third kappa shape index (κ3) is 12.7. The molecule has 1 aliphatic rings. The average Bonchev–Trinajstić information content (AvgIpc) is 3.45. The van der Waals surface area contributed by atoms with Crippen LogP contribution in [0.4, 0.5) is 0 Å². The highest BCUT2D eigenvalue weighted by Crippen LogP contribution is 2.40. The Labute approximate surface area is 332 Å². The Morgan fingerprint density at radius 1 is 0.830 bits per heavy atom. The molecule has 14 heteroatoms. The molecule has 0 fully saturated rings. The first-order valence-electron chi connectivity index (χ1n) is 18.0. The Bertz CT molecular complexity index is 2060. The third-order valence-electron chi connectivity index (χ3n) is 9.77. The van der Waals surface area contributed by atoms with Crippen molar-refractivity contribution >= 4 is 61.0 Å². The molecule has 10 nitrogen and oxygen atoms in total. The standard InChI is InChI=1S/C39H54BIN4O6S2/c1-11-35-29(3)38(42-31(35)5)37(33-17-19-34(41)20-18-33)39-30(4)36(12-2)32(6)43(39)40(21-13-23-44(7,8)25-15-27-52(46,47)48)22-14-24-45(9,10)26-16-28-53(49,50)51/h17-20H,11-12,15-16,23-28H2,1-10H3/p+2/b38-37-. The Kier molecular flexibility index (Phi) is 15.4. The lowest BCUT2D eigenvalue weighted by atomic mass is 9.63. The fourth-order valence-corrected chi connectivity index (χ4v) is 8.29. The lowest BCUT2D eigenvalue weighted by Crippen LogP contribution is -2.41. The summed E-state index contributed by atoms with van der Waals surface area (Å²) in [5.41, 5.74) is 10.9. The number of halogens is 1. The van der Waals surface area contributed by atoms with Crippen molar-refractivity contribution in [2.24, 2.45) is 4.99 Å².